The van der Waals surface area contributed by atoms with E-state index in [9.17, 15) is 9.59 Å². The van der Waals surface area contributed by atoms with Crippen molar-refractivity contribution in [3.63, 3.8) is 0 Å². The second kappa shape index (κ2) is 9.93. The smallest absolute Gasteiger partial charge is 0.276 e. The van der Waals surface area contributed by atoms with Crippen LogP contribution in [-0.4, -0.2) is 25.0 Å². The summed E-state index contributed by atoms with van der Waals surface area (Å²) in [7, 11) is 0. The zero-order valence-corrected chi connectivity index (χ0v) is 19.0. The fourth-order valence-corrected chi connectivity index (χ4v) is 2.88. The minimum atomic E-state index is -0.483. The summed E-state index contributed by atoms with van der Waals surface area (Å²) < 4.78 is 12.5. The van der Waals surface area contributed by atoms with Crippen LogP contribution < -0.4 is 20.3 Å². The van der Waals surface area contributed by atoms with E-state index in [4.69, 9.17) is 9.47 Å². The number of nitrogens with one attached hydrogen (secondary N) is 2. The molecule has 2 aromatic carbocycles. The second-order valence-electron chi connectivity index (χ2n) is 7.02. The van der Waals surface area contributed by atoms with E-state index in [0.717, 1.165) is 14.5 Å². The Kier molecular flexibility index (Phi) is 7.88. The molecular weight excluding hydrogens is 492 g/mol. The van der Waals surface area contributed by atoms with E-state index in [1.807, 2.05) is 18.2 Å². The predicted octanol–water partition coefficient (Wildman–Crippen LogP) is 4.11. The quantitative estimate of drug-likeness (QED) is 0.570. The maximum Gasteiger partial charge on any atom is 0.276 e. The van der Waals surface area contributed by atoms with Gasteiger partial charge in [0.15, 0.2) is 13.2 Å². The molecule has 2 aromatic rings. The summed E-state index contributed by atoms with van der Waals surface area (Å²) in [6, 6.07) is 12.8. The third-order valence-electron chi connectivity index (χ3n) is 3.68. The van der Waals surface area contributed by atoms with Crippen molar-refractivity contribution in [3.8, 4) is 11.5 Å². The fourth-order valence-electron chi connectivity index (χ4n) is 2.12. The number of carbonyl (C=O) groups is 2. The molecule has 8 heteroatoms. The summed E-state index contributed by atoms with van der Waals surface area (Å²) >= 11 is 6.77. The van der Waals surface area contributed by atoms with E-state index in [0.29, 0.717) is 11.5 Å². The molecule has 150 valence electrons. The first-order valence-electron chi connectivity index (χ1n) is 8.54. The third kappa shape index (κ3) is 7.16. The van der Waals surface area contributed by atoms with Crippen LogP contribution in [0.3, 0.4) is 0 Å². The topological polar surface area (TPSA) is 76.7 Å². The van der Waals surface area contributed by atoms with Crippen LogP contribution in [0.25, 0.3) is 0 Å². The maximum atomic E-state index is 11.9. The molecule has 0 aliphatic carbocycles. The Morgan fingerprint density at radius 3 is 2.00 bits per heavy atom. The lowest BCUT2D eigenvalue weighted by atomic mass is 9.87. The number of hydrogen-bond acceptors (Lipinski definition) is 4. The summed E-state index contributed by atoms with van der Waals surface area (Å²) in [5.41, 5.74) is 5.73. The average molecular weight is 514 g/mol. The Bertz CT molecular complexity index is 833. The molecule has 0 unspecified atom stereocenters. The van der Waals surface area contributed by atoms with Crippen molar-refractivity contribution in [2.75, 3.05) is 13.2 Å². The van der Waals surface area contributed by atoms with Gasteiger partial charge in [0.25, 0.3) is 11.8 Å². The number of hydrogen-bond donors (Lipinski definition) is 2. The highest BCUT2D eigenvalue weighted by Crippen LogP contribution is 2.31. The van der Waals surface area contributed by atoms with Crippen LogP contribution in [0.1, 0.15) is 26.3 Å². The van der Waals surface area contributed by atoms with Crippen molar-refractivity contribution < 1.29 is 19.1 Å². The molecule has 0 atom stereocenters. The van der Waals surface area contributed by atoms with E-state index in [2.05, 4.69) is 63.5 Å². The largest absolute Gasteiger partial charge is 0.484 e. The average Bonchev–Trinajstić information content (AvgIpc) is 2.64. The van der Waals surface area contributed by atoms with E-state index >= 15 is 0 Å². The summed E-state index contributed by atoms with van der Waals surface area (Å²) in [5, 5.41) is 0. The lowest BCUT2D eigenvalue weighted by Gasteiger charge is -2.20. The van der Waals surface area contributed by atoms with Gasteiger partial charge in [-0.3, -0.25) is 20.4 Å². The number of halogens is 2. The number of benzene rings is 2. The first-order chi connectivity index (χ1) is 13.1. The maximum absolute atomic E-state index is 11.9. The van der Waals surface area contributed by atoms with Gasteiger partial charge >= 0.3 is 0 Å². The van der Waals surface area contributed by atoms with Crippen LogP contribution >= 0.6 is 31.9 Å². The van der Waals surface area contributed by atoms with Crippen molar-refractivity contribution >= 4 is 43.7 Å². The lowest BCUT2D eigenvalue weighted by molar-refractivity contribution is -0.131. The molecule has 0 aromatic heterocycles. The van der Waals surface area contributed by atoms with E-state index in [1.54, 1.807) is 24.3 Å². The monoisotopic (exact) mass is 512 g/mol. The van der Waals surface area contributed by atoms with E-state index < -0.39 is 11.8 Å². The molecule has 0 aliphatic rings. The fraction of sp³-hybridized carbons (Fsp3) is 0.300. The zero-order valence-electron chi connectivity index (χ0n) is 15.8. The molecule has 0 bridgehead atoms. The van der Waals surface area contributed by atoms with Crippen LogP contribution in [0.15, 0.2) is 51.4 Å². The van der Waals surface area contributed by atoms with Crippen molar-refractivity contribution in [2.45, 2.75) is 26.2 Å². The standard InChI is InChI=1S/C20H22Br2N2O4/c1-20(2,3)13-4-9-17(16(22)10-13)28-12-19(26)24-23-18(25)11-27-15-7-5-14(21)6-8-15/h4-10H,11-12H2,1-3H3,(H,23,25)(H,24,26). The van der Waals surface area contributed by atoms with Gasteiger partial charge in [-0.15, -0.1) is 0 Å². The number of hydrazine groups is 1. The SMILES string of the molecule is CC(C)(C)c1ccc(OCC(=O)NNC(=O)COc2ccc(Br)cc2)c(Br)c1. The Balaban J connectivity index is 1.73. The molecule has 2 rings (SSSR count). The first-order valence-corrected chi connectivity index (χ1v) is 10.1. The van der Waals surface area contributed by atoms with E-state index in [1.165, 1.54) is 0 Å². The van der Waals surface area contributed by atoms with Crippen LogP contribution in [0.4, 0.5) is 0 Å². The number of rotatable bonds is 6. The number of carbonyl (C=O) groups excluding carboxylic acids is 2. The Morgan fingerprint density at radius 2 is 1.46 bits per heavy atom. The molecule has 28 heavy (non-hydrogen) atoms. The molecule has 0 saturated heterocycles. The molecule has 0 radical (unpaired) electrons. The first kappa shape index (κ1) is 22.2. The molecule has 2 amide bonds. The van der Waals surface area contributed by atoms with Gasteiger partial charge in [-0.05, 0) is 63.3 Å². The molecule has 0 fully saturated rings. The van der Waals surface area contributed by atoms with Gasteiger partial charge in [0.1, 0.15) is 11.5 Å². The Hall–Kier alpha value is -2.06. The van der Waals surface area contributed by atoms with Crippen molar-refractivity contribution in [1.82, 2.24) is 10.9 Å². The van der Waals surface area contributed by atoms with Gasteiger partial charge in [-0.2, -0.15) is 0 Å². The highest BCUT2D eigenvalue weighted by Gasteiger charge is 2.15. The Morgan fingerprint density at radius 1 is 0.893 bits per heavy atom. The number of amides is 2. The summed E-state index contributed by atoms with van der Waals surface area (Å²) in [6.07, 6.45) is 0. The normalized spacial score (nSPS) is 10.9. The van der Waals surface area contributed by atoms with Crippen LogP contribution in [0.2, 0.25) is 0 Å². The molecule has 6 nitrogen and oxygen atoms in total. The van der Waals surface area contributed by atoms with Gasteiger partial charge in [0.2, 0.25) is 0 Å². The third-order valence-corrected chi connectivity index (χ3v) is 4.83. The highest BCUT2D eigenvalue weighted by molar-refractivity contribution is 9.10. The minimum Gasteiger partial charge on any atom is -0.484 e. The zero-order chi connectivity index (χ0) is 20.7. The molecule has 0 saturated carbocycles. The predicted molar refractivity (Wildman–Crippen MR) is 114 cm³/mol. The van der Waals surface area contributed by atoms with Gasteiger partial charge < -0.3 is 9.47 Å². The van der Waals surface area contributed by atoms with Gasteiger partial charge in [-0.25, -0.2) is 0 Å². The van der Waals surface area contributed by atoms with Crippen molar-refractivity contribution in [2.24, 2.45) is 0 Å². The van der Waals surface area contributed by atoms with Gasteiger partial charge in [-0.1, -0.05) is 42.8 Å². The summed E-state index contributed by atoms with van der Waals surface area (Å²) in [6.45, 7) is 5.90. The minimum absolute atomic E-state index is 0.0149. The second-order valence-corrected chi connectivity index (χ2v) is 8.79. The summed E-state index contributed by atoms with van der Waals surface area (Å²) in [4.78, 5) is 23.6. The van der Waals surface area contributed by atoms with Crippen molar-refractivity contribution in [1.29, 1.82) is 0 Å². The molecule has 0 spiro atoms. The Labute approximate surface area is 181 Å². The van der Waals surface area contributed by atoms with Gasteiger partial charge in [0, 0.05) is 4.47 Å². The lowest BCUT2D eigenvalue weighted by Crippen LogP contribution is -2.45. The molecule has 2 N–H and O–H groups in total. The highest BCUT2D eigenvalue weighted by atomic mass is 79.9. The summed E-state index contributed by atoms with van der Waals surface area (Å²) in [5.74, 6) is 0.139. The van der Waals surface area contributed by atoms with Crippen molar-refractivity contribution in [3.05, 3.63) is 57.0 Å². The van der Waals surface area contributed by atoms with Gasteiger partial charge in [0.05, 0.1) is 4.47 Å². The van der Waals surface area contributed by atoms with E-state index in [-0.39, 0.29) is 18.6 Å². The molecular formula is C20H22Br2N2O4. The molecule has 0 heterocycles. The van der Waals surface area contributed by atoms with Crippen LogP contribution in [0, 0.1) is 0 Å². The molecule has 0 aliphatic heterocycles. The van der Waals surface area contributed by atoms with Crippen LogP contribution in [-0.2, 0) is 15.0 Å². The van der Waals surface area contributed by atoms with Crippen LogP contribution in [0.5, 0.6) is 11.5 Å². The number of ether oxygens (including phenoxy) is 2.